The van der Waals surface area contributed by atoms with Crippen LogP contribution in [0.15, 0.2) is 24.5 Å². The number of aromatic nitrogens is 4. The van der Waals surface area contributed by atoms with Crippen molar-refractivity contribution in [1.82, 2.24) is 19.9 Å². The van der Waals surface area contributed by atoms with Crippen molar-refractivity contribution >= 4 is 11.0 Å². The predicted molar refractivity (Wildman–Crippen MR) is 63.1 cm³/mol. The second kappa shape index (κ2) is 3.46. The number of aromatic amines is 2. The van der Waals surface area contributed by atoms with E-state index in [0.717, 1.165) is 28.1 Å². The SMILES string of the molecule is Cc1nc2ccc(-c3[nH]cnc3C#N)cc2[nH]1. The van der Waals surface area contributed by atoms with Crippen LogP contribution in [0.1, 0.15) is 11.5 Å². The van der Waals surface area contributed by atoms with Crippen LogP contribution in [0.5, 0.6) is 0 Å². The molecule has 0 saturated heterocycles. The smallest absolute Gasteiger partial charge is 0.166 e. The Kier molecular flexibility index (Phi) is 1.95. The highest BCUT2D eigenvalue weighted by Crippen LogP contribution is 2.23. The lowest BCUT2D eigenvalue weighted by Gasteiger charge is -1.97. The highest BCUT2D eigenvalue weighted by Gasteiger charge is 2.09. The number of fused-ring (bicyclic) bond motifs is 1. The third-order valence-corrected chi connectivity index (χ3v) is 2.63. The zero-order chi connectivity index (χ0) is 11.8. The average molecular weight is 223 g/mol. The minimum Gasteiger partial charge on any atom is -0.343 e. The van der Waals surface area contributed by atoms with Crippen molar-refractivity contribution in [3.05, 3.63) is 36.0 Å². The van der Waals surface area contributed by atoms with Crippen LogP contribution < -0.4 is 0 Å². The average Bonchev–Trinajstić information content (AvgIpc) is 2.91. The molecule has 3 rings (SSSR count). The molecule has 3 aromatic rings. The summed E-state index contributed by atoms with van der Waals surface area (Å²) in [6.07, 6.45) is 1.52. The van der Waals surface area contributed by atoms with Gasteiger partial charge in [0.05, 0.1) is 23.1 Å². The van der Waals surface area contributed by atoms with Gasteiger partial charge >= 0.3 is 0 Å². The van der Waals surface area contributed by atoms with Crippen molar-refractivity contribution in [1.29, 1.82) is 5.26 Å². The van der Waals surface area contributed by atoms with Gasteiger partial charge in [0.2, 0.25) is 0 Å². The molecule has 2 aromatic heterocycles. The number of benzene rings is 1. The number of H-pyrrole nitrogens is 2. The number of hydrogen-bond donors (Lipinski definition) is 2. The van der Waals surface area contributed by atoms with Gasteiger partial charge in [-0.2, -0.15) is 5.26 Å². The maximum absolute atomic E-state index is 8.93. The fourth-order valence-corrected chi connectivity index (χ4v) is 1.89. The van der Waals surface area contributed by atoms with Gasteiger partial charge in [-0.15, -0.1) is 0 Å². The molecule has 2 N–H and O–H groups in total. The number of rotatable bonds is 1. The topological polar surface area (TPSA) is 81.2 Å². The second-order valence-corrected chi connectivity index (χ2v) is 3.79. The molecule has 0 bridgehead atoms. The third-order valence-electron chi connectivity index (χ3n) is 2.63. The van der Waals surface area contributed by atoms with Gasteiger partial charge < -0.3 is 9.97 Å². The molecule has 0 unspecified atom stereocenters. The lowest BCUT2D eigenvalue weighted by atomic mass is 10.1. The van der Waals surface area contributed by atoms with E-state index in [4.69, 9.17) is 5.26 Å². The van der Waals surface area contributed by atoms with Crippen LogP contribution in [-0.4, -0.2) is 19.9 Å². The van der Waals surface area contributed by atoms with E-state index in [-0.39, 0.29) is 0 Å². The summed E-state index contributed by atoms with van der Waals surface area (Å²) < 4.78 is 0. The normalized spacial score (nSPS) is 10.6. The van der Waals surface area contributed by atoms with E-state index in [0.29, 0.717) is 5.69 Å². The fourth-order valence-electron chi connectivity index (χ4n) is 1.89. The molecular formula is C12H9N5. The van der Waals surface area contributed by atoms with Crippen LogP contribution in [0.4, 0.5) is 0 Å². The van der Waals surface area contributed by atoms with E-state index in [1.165, 1.54) is 6.33 Å². The highest BCUT2D eigenvalue weighted by atomic mass is 14.9. The van der Waals surface area contributed by atoms with Crippen LogP contribution in [0.25, 0.3) is 22.3 Å². The minimum absolute atomic E-state index is 0.403. The Morgan fingerprint density at radius 2 is 2.24 bits per heavy atom. The number of nitrogens with zero attached hydrogens (tertiary/aromatic N) is 3. The molecule has 0 saturated carbocycles. The van der Waals surface area contributed by atoms with E-state index in [2.05, 4.69) is 26.0 Å². The van der Waals surface area contributed by atoms with Gasteiger partial charge in [0.1, 0.15) is 11.9 Å². The van der Waals surface area contributed by atoms with Crippen molar-refractivity contribution < 1.29 is 0 Å². The van der Waals surface area contributed by atoms with E-state index in [9.17, 15) is 0 Å². The molecule has 0 aliphatic heterocycles. The zero-order valence-electron chi connectivity index (χ0n) is 9.15. The van der Waals surface area contributed by atoms with Crippen LogP contribution in [0.2, 0.25) is 0 Å². The maximum Gasteiger partial charge on any atom is 0.166 e. The van der Waals surface area contributed by atoms with Crippen LogP contribution in [0, 0.1) is 18.3 Å². The van der Waals surface area contributed by atoms with Gasteiger partial charge in [-0.3, -0.25) is 0 Å². The molecule has 0 spiro atoms. The Hall–Kier alpha value is -2.61. The molecule has 0 aliphatic rings. The molecule has 0 radical (unpaired) electrons. The Morgan fingerprint density at radius 1 is 1.35 bits per heavy atom. The molecule has 0 amide bonds. The number of nitrogens with one attached hydrogen (secondary N) is 2. The summed E-state index contributed by atoms with van der Waals surface area (Å²) in [5.41, 5.74) is 3.94. The summed E-state index contributed by atoms with van der Waals surface area (Å²) >= 11 is 0. The quantitative estimate of drug-likeness (QED) is 0.663. The summed E-state index contributed by atoms with van der Waals surface area (Å²) in [4.78, 5) is 14.4. The largest absolute Gasteiger partial charge is 0.343 e. The Bertz CT molecular complexity index is 729. The number of imidazole rings is 2. The third kappa shape index (κ3) is 1.47. The van der Waals surface area contributed by atoms with Crippen molar-refractivity contribution in [2.45, 2.75) is 6.92 Å². The van der Waals surface area contributed by atoms with Crippen molar-refractivity contribution in [2.75, 3.05) is 0 Å². The Morgan fingerprint density at radius 3 is 3.06 bits per heavy atom. The van der Waals surface area contributed by atoms with Gasteiger partial charge in [-0.1, -0.05) is 6.07 Å². The van der Waals surface area contributed by atoms with Crippen molar-refractivity contribution in [3.8, 4) is 17.3 Å². The van der Waals surface area contributed by atoms with Crippen LogP contribution in [0.3, 0.4) is 0 Å². The first-order chi connectivity index (χ1) is 8.28. The fraction of sp³-hybridized carbons (Fsp3) is 0.0833. The molecule has 0 atom stereocenters. The maximum atomic E-state index is 8.93. The summed E-state index contributed by atoms with van der Waals surface area (Å²) in [6.45, 7) is 1.91. The zero-order valence-corrected chi connectivity index (χ0v) is 9.15. The van der Waals surface area contributed by atoms with Gasteiger partial charge in [0, 0.05) is 5.56 Å². The van der Waals surface area contributed by atoms with Crippen molar-refractivity contribution in [3.63, 3.8) is 0 Å². The summed E-state index contributed by atoms with van der Waals surface area (Å²) in [5, 5.41) is 8.93. The molecule has 0 fully saturated rings. The van der Waals surface area contributed by atoms with Gasteiger partial charge in [-0.25, -0.2) is 9.97 Å². The van der Waals surface area contributed by atoms with Gasteiger partial charge in [0.15, 0.2) is 5.69 Å². The van der Waals surface area contributed by atoms with Crippen molar-refractivity contribution in [2.24, 2.45) is 0 Å². The lowest BCUT2D eigenvalue weighted by Crippen LogP contribution is -1.82. The summed E-state index contributed by atoms with van der Waals surface area (Å²) in [5.74, 6) is 0.877. The molecule has 82 valence electrons. The van der Waals surface area contributed by atoms with Gasteiger partial charge in [0.25, 0.3) is 0 Å². The number of hydrogen-bond acceptors (Lipinski definition) is 3. The molecule has 0 aliphatic carbocycles. The predicted octanol–water partition coefficient (Wildman–Crippen LogP) is 2.13. The lowest BCUT2D eigenvalue weighted by molar-refractivity contribution is 1.17. The Labute approximate surface area is 97.2 Å². The van der Waals surface area contributed by atoms with E-state index in [1.54, 1.807) is 0 Å². The first-order valence-corrected chi connectivity index (χ1v) is 5.18. The standard InChI is InChI=1S/C12H9N5/c1-7-16-9-3-2-8(4-10(9)17-7)12-11(5-13)14-6-15-12/h2-4,6H,1H3,(H,14,15)(H,16,17). The van der Waals surface area contributed by atoms with E-state index >= 15 is 0 Å². The molecule has 5 nitrogen and oxygen atoms in total. The minimum atomic E-state index is 0.403. The Balaban J connectivity index is 2.21. The molecule has 2 heterocycles. The highest BCUT2D eigenvalue weighted by molar-refractivity contribution is 5.82. The molecule has 17 heavy (non-hydrogen) atoms. The summed E-state index contributed by atoms with van der Waals surface area (Å²) in [7, 11) is 0. The van der Waals surface area contributed by atoms with Crippen LogP contribution >= 0.6 is 0 Å². The first-order valence-electron chi connectivity index (χ1n) is 5.18. The molecular weight excluding hydrogens is 214 g/mol. The second-order valence-electron chi connectivity index (χ2n) is 3.79. The monoisotopic (exact) mass is 223 g/mol. The van der Waals surface area contributed by atoms with E-state index < -0.39 is 0 Å². The molecule has 1 aromatic carbocycles. The first kappa shape index (κ1) is 9.60. The van der Waals surface area contributed by atoms with E-state index in [1.807, 2.05) is 25.1 Å². The molecule has 5 heteroatoms. The number of nitriles is 1. The van der Waals surface area contributed by atoms with Crippen LogP contribution in [-0.2, 0) is 0 Å². The van der Waals surface area contributed by atoms with Gasteiger partial charge in [-0.05, 0) is 19.1 Å². The number of aryl methyl sites for hydroxylation is 1. The summed E-state index contributed by atoms with van der Waals surface area (Å²) in [6, 6.07) is 7.88.